The van der Waals surface area contributed by atoms with E-state index < -0.39 is 0 Å². The summed E-state index contributed by atoms with van der Waals surface area (Å²) in [4.78, 5) is 12.2. The molecule has 1 amide bonds. The van der Waals surface area contributed by atoms with E-state index in [9.17, 15) is 4.79 Å². The van der Waals surface area contributed by atoms with Gasteiger partial charge in [-0.25, -0.2) is 0 Å². The van der Waals surface area contributed by atoms with Crippen LogP contribution in [-0.2, 0) is 5.88 Å². The number of carbonyl (C=O) groups excluding carboxylic acids is 1. The Morgan fingerprint density at radius 3 is 2.58 bits per heavy atom. The van der Waals surface area contributed by atoms with Crippen LogP contribution in [0.1, 0.15) is 15.9 Å². The SMILES string of the molecule is O=C(Nc1ccccc1CCl)c1ccc(Br)cc1Br. The summed E-state index contributed by atoms with van der Waals surface area (Å²) in [6.45, 7) is 0. The van der Waals surface area contributed by atoms with E-state index in [4.69, 9.17) is 11.6 Å². The van der Waals surface area contributed by atoms with Gasteiger partial charge in [-0.05, 0) is 45.8 Å². The molecule has 2 aromatic rings. The summed E-state index contributed by atoms with van der Waals surface area (Å²) in [6.07, 6.45) is 0. The molecule has 2 rings (SSSR count). The molecular formula is C14H10Br2ClNO. The number of para-hydroxylation sites is 1. The van der Waals surface area contributed by atoms with Gasteiger partial charge in [0.2, 0.25) is 0 Å². The van der Waals surface area contributed by atoms with Crippen LogP contribution in [0, 0.1) is 0 Å². The van der Waals surface area contributed by atoms with Crippen LogP contribution in [0.5, 0.6) is 0 Å². The molecule has 0 fully saturated rings. The monoisotopic (exact) mass is 401 g/mol. The van der Waals surface area contributed by atoms with Crippen molar-refractivity contribution in [1.82, 2.24) is 0 Å². The van der Waals surface area contributed by atoms with Gasteiger partial charge in [0, 0.05) is 20.5 Å². The van der Waals surface area contributed by atoms with Gasteiger partial charge in [0.15, 0.2) is 0 Å². The second kappa shape index (κ2) is 6.55. The molecule has 5 heteroatoms. The Balaban J connectivity index is 2.26. The van der Waals surface area contributed by atoms with Crippen molar-refractivity contribution in [2.24, 2.45) is 0 Å². The molecule has 0 aliphatic rings. The second-order valence-electron chi connectivity index (χ2n) is 3.87. The molecule has 0 aliphatic carbocycles. The van der Waals surface area contributed by atoms with Crippen LogP contribution >= 0.6 is 43.5 Å². The predicted octanol–water partition coefficient (Wildman–Crippen LogP) is 5.20. The zero-order chi connectivity index (χ0) is 13.8. The quantitative estimate of drug-likeness (QED) is 0.701. The number of halogens is 3. The molecule has 0 spiro atoms. The lowest BCUT2D eigenvalue weighted by molar-refractivity contribution is 0.102. The minimum Gasteiger partial charge on any atom is -0.322 e. The van der Waals surface area contributed by atoms with Gasteiger partial charge >= 0.3 is 0 Å². The normalized spacial score (nSPS) is 10.3. The number of anilines is 1. The van der Waals surface area contributed by atoms with E-state index in [0.717, 1.165) is 20.2 Å². The van der Waals surface area contributed by atoms with E-state index in [2.05, 4.69) is 37.2 Å². The van der Waals surface area contributed by atoms with Crippen molar-refractivity contribution in [3.05, 3.63) is 62.5 Å². The Kier molecular flexibility index (Phi) is 5.02. The van der Waals surface area contributed by atoms with Crippen molar-refractivity contribution >= 4 is 55.1 Å². The molecule has 0 bridgehead atoms. The van der Waals surface area contributed by atoms with E-state index >= 15 is 0 Å². The van der Waals surface area contributed by atoms with Gasteiger partial charge in [-0.15, -0.1) is 11.6 Å². The van der Waals surface area contributed by atoms with E-state index in [1.54, 1.807) is 6.07 Å². The Morgan fingerprint density at radius 2 is 1.89 bits per heavy atom. The fourth-order valence-electron chi connectivity index (χ4n) is 1.62. The van der Waals surface area contributed by atoms with Crippen LogP contribution < -0.4 is 5.32 Å². The average Bonchev–Trinajstić information content (AvgIpc) is 2.39. The maximum atomic E-state index is 12.2. The van der Waals surface area contributed by atoms with Gasteiger partial charge in [0.05, 0.1) is 5.56 Å². The fraction of sp³-hybridized carbons (Fsp3) is 0.0714. The van der Waals surface area contributed by atoms with Gasteiger partial charge in [-0.1, -0.05) is 34.1 Å². The van der Waals surface area contributed by atoms with Crippen molar-refractivity contribution in [3.8, 4) is 0 Å². The van der Waals surface area contributed by atoms with Gasteiger partial charge < -0.3 is 5.32 Å². The molecule has 2 aromatic carbocycles. The number of rotatable bonds is 3. The Hall–Kier alpha value is -0.840. The molecule has 0 aliphatic heterocycles. The Morgan fingerprint density at radius 1 is 1.16 bits per heavy atom. The zero-order valence-electron chi connectivity index (χ0n) is 9.79. The van der Waals surface area contributed by atoms with E-state index in [0.29, 0.717) is 11.4 Å². The first kappa shape index (κ1) is 14.6. The first-order chi connectivity index (χ1) is 9.11. The van der Waals surface area contributed by atoms with Gasteiger partial charge in [0.25, 0.3) is 5.91 Å². The number of nitrogens with one attached hydrogen (secondary N) is 1. The molecular weight excluding hydrogens is 393 g/mol. The number of alkyl halides is 1. The van der Waals surface area contributed by atoms with Crippen molar-refractivity contribution < 1.29 is 4.79 Å². The lowest BCUT2D eigenvalue weighted by Crippen LogP contribution is -2.13. The molecule has 0 heterocycles. The summed E-state index contributed by atoms with van der Waals surface area (Å²) >= 11 is 12.6. The van der Waals surface area contributed by atoms with E-state index in [1.165, 1.54) is 0 Å². The topological polar surface area (TPSA) is 29.1 Å². The summed E-state index contributed by atoms with van der Waals surface area (Å²) in [6, 6.07) is 12.9. The maximum absolute atomic E-state index is 12.2. The molecule has 0 radical (unpaired) electrons. The summed E-state index contributed by atoms with van der Waals surface area (Å²) in [5.74, 6) is 0.190. The standard InChI is InChI=1S/C14H10Br2ClNO/c15-10-5-6-11(12(16)7-10)14(19)18-13-4-2-1-3-9(13)8-17/h1-7H,8H2,(H,18,19). The predicted molar refractivity (Wildman–Crippen MR) is 85.8 cm³/mol. The van der Waals surface area contributed by atoms with Crippen molar-refractivity contribution in [1.29, 1.82) is 0 Å². The van der Waals surface area contributed by atoms with Crippen LogP contribution in [0.15, 0.2) is 51.4 Å². The summed E-state index contributed by atoms with van der Waals surface area (Å²) < 4.78 is 1.65. The molecule has 0 unspecified atom stereocenters. The molecule has 0 aromatic heterocycles. The third-order valence-electron chi connectivity index (χ3n) is 2.59. The smallest absolute Gasteiger partial charge is 0.256 e. The van der Waals surface area contributed by atoms with Crippen LogP contribution in [0.25, 0.3) is 0 Å². The van der Waals surface area contributed by atoms with Crippen molar-refractivity contribution in [2.75, 3.05) is 5.32 Å². The number of hydrogen-bond acceptors (Lipinski definition) is 1. The lowest BCUT2D eigenvalue weighted by atomic mass is 10.1. The molecule has 19 heavy (non-hydrogen) atoms. The van der Waals surface area contributed by atoms with Gasteiger partial charge in [0.1, 0.15) is 0 Å². The van der Waals surface area contributed by atoms with Crippen LogP contribution in [0.4, 0.5) is 5.69 Å². The number of carbonyl (C=O) groups is 1. The molecule has 0 atom stereocenters. The minimum atomic E-state index is -0.169. The molecule has 98 valence electrons. The summed E-state index contributed by atoms with van der Waals surface area (Å²) in [5.41, 5.74) is 2.20. The highest BCUT2D eigenvalue weighted by molar-refractivity contribution is 9.11. The van der Waals surface area contributed by atoms with Crippen LogP contribution in [0.2, 0.25) is 0 Å². The highest BCUT2D eigenvalue weighted by Gasteiger charge is 2.12. The van der Waals surface area contributed by atoms with E-state index in [-0.39, 0.29) is 5.91 Å². The molecule has 2 nitrogen and oxygen atoms in total. The minimum absolute atomic E-state index is 0.169. The molecule has 0 saturated heterocycles. The highest BCUT2D eigenvalue weighted by atomic mass is 79.9. The molecule has 0 saturated carbocycles. The summed E-state index contributed by atoms with van der Waals surface area (Å²) in [7, 11) is 0. The van der Waals surface area contributed by atoms with E-state index in [1.807, 2.05) is 36.4 Å². The van der Waals surface area contributed by atoms with Crippen molar-refractivity contribution in [2.45, 2.75) is 5.88 Å². The first-order valence-electron chi connectivity index (χ1n) is 5.52. The third kappa shape index (κ3) is 3.59. The maximum Gasteiger partial charge on any atom is 0.256 e. The number of benzene rings is 2. The Labute approximate surface area is 133 Å². The first-order valence-corrected chi connectivity index (χ1v) is 7.64. The summed E-state index contributed by atoms with van der Waals surface area (Å²) in [5, 5.41) is 2.87. The Bertz CT molecular complexity index is 616. The van der Waals surface area contributed by atoms with Crippen LogP contribution in [-0.4, -0.2) is 5.91 Å². The fourth-order valence-corrected chi connectivity index (χ4v) is 3.08. The zero-order valence-corrected chi connectivity index (χ0v) is 13.7. The third-order valence-corrected chi connectivity index (χ3v) is 4.02. The van der Waals surface area contributed by atoms with Gasteiger partial charge in [-0.2, -0.15) is 0 Å². The molecule has 1 N–H and O–H groups in total. The van der Waals surface area contributed by atoms with Crippen molar-refractivity contribution in [3.63, 3.8) is 0 Å². The average molecular weight is 404 g/mol. The highest BCUT2D eigenvalue weighted by Crippen LogP contribution is 2.24. The second-order valence-corrected chi connectivity index (χ2v) is 5.91. The lowest BCUT2D eigenvalue weighted by Gasteiger charge is -2.10. The van der Waals surface area contributed by atoms with Crippen LogP contribution in [0.3, 0.4) is 0 Å². The largest absolute Gasteiger partial charge is 0.322 e. The number of amides is 1. The number of hydrogen-bond donors (Lipinski definition) is 1. The van der Waals surface area contributed by atoms with Gasteiger partial charge in [-0.3, -0.25) is 4.79 Å².